The second-order valence-corrected chi connectivity index (χ2v) is 9.00. The van der Waals surface area contributed by atoms with E-state index >= 15 is 0 Å². The lowest BCUT2D eigenvalue weighted by Crippen LogP contribution is -2.29. The van der Waals surface area contributed by atoms with Crippen molar-refractivity contribution >= 4 is 26.6 Å². The van der Waals surface area contributed by atoms with Crippen molar-refractivity contribution in [1.29, 1.82) is 0 Å². The van der Waals surface area contributed by atoms with Gasteiger partial charge in [0.2, 0.25) is 15.7 Å². The molecule has 0 unspecified atom stereocenters. The van der Waals surface area contributed by atoms with E-state index in [2.05, 4.69) is 5.32 Å². The summed E-state index contributed by atoms with van der Waals surface area (Å²) in [5, 5.41) is 3.47. The van der Waals surface area contributed by atoms with Gasteiger partial charge in [0.25, 0.3) is 0 Å². The van der Waals surface area contributed by atoms with Crippen LogP contribution in [0.5, 0.6) is 0 Å². The van der Waals surface area contributed by atoms with Gasteiger partial charge in [-0.3, -0.25) is 4.79 Å². The molecule has 0 aliphatic heterocycles. The highest BCUT2D eigenvalue weighted by atomic mass is 32.2. The molecule has 0 aliphatic rings. The topological polar surface area (TPSA) is 77.4 Å². The molecule has 1 amide bonds. The van der Waals surface area contributed by atoms with Crippen molar-refractivity contribution in [2.45, 2.75) is 42.7 Å². The van der Waals surface area contributed by atoms with Crippen LogP contribution in [0.2, 0.25) is 0 Å². The fourth-order valence-electron chi connectivity index (χ4n) is 3.11. The number of hydrogen-bond acceptors (Lipinski definition) is 4. The number of nitrogens with one attached hydrogen (secondary N) is 1. The summed E-state index contributed by atoms with van der Waals surface area (Å²) >= 11 is 0. The molecule has 3 rings (SSSR count). The first-order chi connectivity index (χ1) is 13.9. The Bertz CT molecular complexity index is 1070. The Morgan fingerprint density at radius 3 is 2.48 bits per heavy atom. The van der Waals surface area contributed by atoms with E-state index in [1.807, 2.05) is 26.0 Å². The molecule has 0 aliphatic carbocycles. The molecule has 0 bridgehead atoms. The molecule has 1 N–H and O–H groups in total. The van der Waals surface area contributed by atoms with Crippen LogP contribution in [-0.4, -0.2) is 38.1 Å². The molecule has 0 atom stereocenters. The number of ether oxygens (including phenoxy) is 1. The van der Waals surface area contributed by atoms with Gasteiger partial charge < -0.3 is 14.6 Å². The van der Waals surface area contributed by atoms with Gasteiger partial charge in [0.15, 0.2) is 0 Å². The van der Waals surface area contributed by atoms with Gasteiger partial charge in [0.05, 0.1) is 15.9 Å². The summed E-state index contributed by atoms with van der Waals surface area (Å²) in [7, 11) is -3.68. The Morgan fingerprint density at radius 1 is 1.07 bits per heavy atom. The highest BCUT2D eigenvalue weighted by Gasteiger charge is 2.23. The number of carbonyl (C=O) groups is 1. The van der Waals surface area contributed by atoms with Crippen LogP contribution in [0.25, 0.3) is 10.9 Å². The minimum Gasteiger partial charge on any atom is -0.379 e. The molecule has 6 nitrogen and oxygen atoms in total. The van der Waals surface area contributed by atoms with Gasteiger partial charge in [0.1, 0.15) is 6.54 Å². The minimum atomic E-state index is -3.68. The van der Waals surface area contributed by atoms with Crippen LogP contribution >= 0.6 is 0 Å². The van der Waals surface area contributed by atoms with Crippen LogP contribution in [0.3, 0.4) is 0 Å². The molecule has 29 heavy (non-hydrogen) atoms. The van der Waals surface area contributed by atoms with E-state index < -0.39 is 9.84 Å². The number of nitrogens with zero attached hydrogens (tertiary/aromatic N) is 1. The lowest BCUT2D eigenvalue weighted by molar-refractivity contribution is -0.121. The third kappa shape index (κ3) is 5.05. The number of para-hydroxylation sites is 1. The zero-order valence-corrected chi connectivity index (χ0v) is 17.5. The molecule has 1 heterocycles. The summed E-state index contributed by atoms with van der Waals surface area (Å²) in [6.45, 7) is 5.09. The van der Waals surface area contributed by atoms with E-state index in [1.54, 1.807) is 53.2 Å². The number of fused-ring (bicyclic) bond motifs is 1. The van der Waals surface area contributed by atoms with E-state index in [-0.39, 0.29) is 28.3 Å². The van der Waals surface area contributed by atoms with E-state index in [1.165, 1.54) is 0 Å². The number of aromatic nitrogens is 1. The molecule has 0 fully saturated rings. The third-order valence-corrected chi connectivity index (χ3v) is 6.30. The fourth-order valence-corrected chi connectivity index (χ4v) is 4.61. The lowest BCUT2D eigenvalue weighted by Gasteiger charge is -2.09. The average molecular weight is 415 g/mol. The van der Waals surface area contributed by atoms with Gasteiger partial charge >= 0.3 is 0 Å². The summed E-state index contributed by atoms with van der Waals surface area (Å²) in [6.07, 6.45) is 2.44. The van der Waals surface area contributed by atoms with Gasteiger partial charge in [-0.2, -0.15) is 0 Å². The highest BCUT2D eigenvalue weighted by Crippen LogP contribution is 2.30. The summed E-state index contributed by atoms with van der Waals surface area (Å²) in [6, 6.07) is 15.5. The van der Waals surface area contributed by atoms with Crippen LogP contribution in [0.15, 0.2) is 70.6 Å². The summed E-state index contributed by atoms with van der Waals surface area (Å²) in [4.78, 5) is 12.8. The van der Waals surface area contributed by atoms with Crippen LogP contribution < -0.4 is 5.32 Å². The smallest absolute Gasteiger partial charge is 0.239 e. The van der Waals surface area contributed by atoms with Crippen molar-refractivity contribution in [1.82, 2.24) is 9.88 Å². The van der Waals surface area contributed by atoms with Crippen molar-refractivity contribution < 1.29 is 17.9 Å². The Kier molecular flexibility index (Phi) is 6.71. The van der Waals surface area contributed by atoms with Gasteiger partial charge in [-0.25, -0.2) is 8.42 Å². The van der Waals surface area contributed by atoms with Gasteiger partial charge in [-0.15, -0.1) is 0 Å². The number of hydrogen-bond donors (Lipinski definition) is 1. The molecule has 1 aromatic heterocycles. The molecule has 0 saturated heterocycles. The summed E-state index contributed by atoms with van der Waals surface area (Å²) in [5.74, 6) is -0.168. The first-order valence-corrected chi connectivity index (χ1v) is 11.1. The fraction of sp³-hybridized carbons (Fsp3) is 0.318. The Hall–Kier alpha value is -2.64. The van der Waals surface area contributed by atoms with E-state index in [0.29, 0.717) is 24.1 Å². The second-order valence-electron chi connectivity index (χ2n) is 7.08. The molecule has 3 aromatic rings. The summed E-state index contributed by atoms with van der Waals surface area (Å²) in [5.41, 5.74) is 0.709. The number of amides is 1. The predicted octanol–water partition coefficient (Wildman–Crippen LogP) is 3.41. The molecule has 154 valence electrons. The molecule has 0 saturated carbocycles. The first kappa shape index (κ1) is 21.1. The van der Waals surface area contributed by atoms with E-state index in [0.717, 1.165) is 6.42 Å². The highest BCUT2D eigenvalue weighted by molar-refractivity contribution is 7.91. The minimum absolute atomic E-state index is 0.0514. The van der Waals surface area contributed by atoms with Crippen LogP contribution in [0.4, 0.5) is 0 Å². The van der Waals surface area contributed by atoms with Gasteiger partial charge in [-0.05, 0) is 38.5 Å². The maximum atomic E-state index is 13.1. The number of carbonyl (C=O) groups excluding carboxylic acids is 1. The maximum absolute atomic E-state index is 13.1. The first-order valence-electron chi connectivity index (χ1n) is 9.66. The Morgan fingerprint density at radius 2 is 1.76 bits per heavy atom. The average Bonchev–Trinajstić information content (AvgIpc) is 3.07. The van der Waals surface area contributed by atoms with Crippen LogP contribution in [0.1, 0.15) is 20.3 Å². The van der Waals surface area contributed by atoms with E-state index in [9.17, 15) is 13.2 Å². The summed E-state index contributed by atoms with van der Waals surface area (Å²) < 4.78 is 33.4. The maximum Gasteiger partial charge on any atom is 0.239 e. The molecule has 2 aromatic carbocycles. The van der Waals surface area contributed by atoms with E-state index in [4.69, 9.17) is 4.74 Å². The quantitative estimate of drug-likeness (QED) is 0.545. The lowest BCUT2D eigenvalue weighted by atomic mass is 10.2. The van der Waals surface area contributed by atoms with Crippen molar-refractivity contribution in [2.75, 3.05) is 13.2 Å². The number of rotatable bonds is 9. The Balaban J connectivity index is 1.79. The van der Waals surface area contributed by atoms with Crippen molar-refractivity contribution in [3.63, 3.8) is 0 Å². The van der Waals surface area contributed by atoms with Crippen LogP contribution in [0, 0.1) is 0 Å². The zero-order chi connectivity index (χ0) is 20.9. The second kappa shape index (κ2) is 9.24. The SMILES string of the molecule is CC(C)OCCCNC(=O)Cn1cc(S(=O)(=O)c2ccccc2)c2ccccc21. The Labute approximate surface area is 171 Å². The monoisotopic (exact) mass is 414 g/mol. The zero-order valence-electron chi connectivity index (χ0n) is 16.7. The molecule has 7 heteroatoms. The third-order valence-electron chi connectivity index (χ3n) is 4.50. The molecular weight excluding hydrogens is 388 g/mol. The predicted molar refractivity (Wildman–Crippen MR) is 113 cm³/mol. The standard InChI is InChI=1S/C22H26N2O4S/c1-17(2)28-14-8-13-23-22(25)16-24-15-21(19-11-6-7-12-20(19)24)29(26,27)18-9-4-3-5-10-18/h3-7,9-12,15,17H,8,13-14,16H2,1-2H3,(H,23,25). The molecule has 0 radical (unpaired) electrons. The van der Waals surface area contributed by atoms with Gasteiger partial charge in [-0.1, -0.05) is 36.4 Å². The van der Waals surface area contributed by atoms with Crippen molar-refractivity contribution in [2.24, 2.45) is 0 Å². The number of sulfone groups is 1. The molecule has 0 spiro atoms. The normalized spacial score (nSPS) is 11.8. The van der Waals surface area contributed by atoms with Crippen molar-refractivity contribution in [3.05, 3.63) is 60.8 Å². The largest absolute Gasteiger partial charge is 0.379 e. The van der Waals surface area contributed by atoms with Gasteiger partial charge in [0, 0.05) is 30.3 Å². The number of benzene rings is 2. The van der Waals surface area contributed by atoms with Crippen LogP contribution in [-0.2, 0) is 25.9 Å². The molecular formula is C22H26N2O4S. The van der Waals surface area contributed by atoms with Crippen molar-refractivity contribution in [3.8, 4) is 0 Å².